The van der Waals surface area contributed by atoms with Crippen molar-refractivity contribution < 1.29 is 9.21 Å². The van der Waals surface area contributed by atoms with Crippen LogP contribution in [0, 0.1) is 25.2 Å². The quantitative estimate of drug-likeness (QED) is 0.804. The lowest BCUT2D eigenvalue weighted by Gasteiger charge is -2.15. The molecule has 0 aliphatic carbocycles. The molecule has 0 fully saturated rings. The fourth-order valence-corrected chi connectivity index (χ4v) is 2.81. The zero-order chi connectivity index (χ0) is 17.1. The van der Waals surface area contributed by atoms with Gasteiger partial charge in [0, 0.05) is 5.56 Å². The fourth-order valence-electron chi connectivity index (χ4n) is 2.06. The highest BCUT2D eigenvalue weighted by atomic mass is 32.2. The lowest BCUT2D eigenvalue weighted by Crippen LogP contribution is -2.25. The number of amides is 1. The predicted molar refractivity (Wildman–Crippen MR) is 87.1 cm³/mol. The molecular formula is C14H18N6O2S. The number of nitrogen functional groups attached to an aromatic ring is 1. The van der Waals surface area contributed by atoms with Gasteiger partial charge in [0.1, 0.15) is 23.4 Å². The lowest BCUT2D eigenvalue weighted by molar-refractivity contribution is -0.119. The molecule has 1 unspecified atom stereocenters. The van der Waals surface area contributed by atoms with Crippen molar-refractivity contribution in [1.29, 1.82) is 5.26 Å². The summed E-state index contributed by atoms with van der Waals surface area (Å²) < 4.78 is 7.00. The van der Waals surface area contributed by atoms with Crippen LogP contribution in [-0.2, 0) is 4.79 Å². The second-order valence-electron chi connectivity index (χ2n) is 4.91. The third-order valence-electron chi connectivity index (χ3n) is 3.46. The molecular weight excluding hydrogens is 316 g/mol. The summed E-state index contributed by atoms with van der Waals surface area (Å²) in [6.07, 6.45) is 0. The minimum atomic E-state index is -0.642. The number of carbonyl (C=O) groups is 1. The Hall–Kier alpha value is -2.47. The molecule has 3 N–H and O–H groups in total. The van der Waals surface area contributed by atoms with Crippen molar-refractivity contribution in [2.75, 3.05) is 16.8 Å². The maximum absolute atomic E-state index is 12.5. The molecule has 0 aliphatic heterocycles. The molecule has 0 saturated heterocycles. The third kappa shape index (κ3) is 3.17. The van der Waals surface area contributed by atoms with Crippen molar-refractivity contribution in [3.63, 3.8) is 0 Å². The summed E-state index contributed by atoms with van der Waals surface area (Å²) in [7, 11) is 0. The fraction of sp³-hybridized carbons (Fsp3) is 0.429. The molecule has 0 bridgehead atoms. The number of furan rings is 1. The number of nitrogens with two attached hydrogens (primary N) is 1. The smallest absolute Gasteiger partial charge is 0.249 e. The van der Waals surface area contributed by atoms with Crippen molar-refractivity contribution in [3.8, 4) is 6.07 Å². The van der Waals surface area contributed by atoms with Gasteiger partial charge in [0.25, 0.3) is 0 Å². The van der Waals surface area contributed by atoms with Crippen LogP contribution in [0.4, 0.5) is 11.8 Å². The van der Waals surface area contributed by atoms with Crippen molar-refractivity contribution in [1.82, 2.24) is 14.8 Å². The molecule has 122 valence electrons. The molecule has 2 aromatic rings. The van der Waals surface area contributed by atoms with Crippen LogP contribution >= 0.6 is 11.8 Å². The van der Waals surface area contributed by atoms with Gasteiger partial charge in [0.2, 0.25) is 17.7 Å². The molecule has 1 amide bonds. The number of aromatic nitrogens is 3. The van der Waals surface area contributed by atoms with Gasteiger partial charge < -0.3 is 10.2 Å². The maximum atomic E-state index is 12.5. The molecule has 0 aliphatic rings. The zero-order valence-corrected chi connectivity index (χ0v) is 14.2. The van der Waals surface area contributed by atoms with Crippen LogP contribution in [0.3, 0.4) is 0 Å². The Morgan fingerprint density at radius 1 is 1.52 bits per heavy atom. The highest BCUT2D eigenvalue weighted by molar-refractivity contribution is 7.99. The summed E-state index contributed by atoms with van der Waals surface area (Å²) in [5.41, 5.74) is 6.84. The number of aryl methyl sites for hydroxylation is 1. The first-order valence-corrected chi connectivity index (χ1v) is 8.03. The van der Waals surface area contributed by atoms with Crippen LogP contribution in [0.1, 0.15) is 36.8 Å². The van der Waals surface area contributed by atoms with Crippen LogP contribution in [0.2, 0.25) is 0 Å². The van der Waals surface area contributed by atoms with Gasteiger partial charge in [0.15, 0.2) is 5.16 Å². The minimum absolute atomic E-state index is 0.149. The van der Waals surface area contributed by atoms with E-state index in [9.17, 15) is 10.1 Å². The van der Waals surface area contributed by atoms with Crippen molar-refractivity contribution in [2.24, 2.45) is 0 Å². The minimum Gasteiger partial charge on any atom is -0.444 e. The first-order chi connectivity index (χ1) is 10.9. The molecule has 9 heteroatoms. The number of hydrogen-bond acceptors (Lipinski definition) is 7. The standard InChI is InChI=1S/C14H18N6O2S/c1-5-23-14-19-18-13(16)20(14)8(3)11(21)17-12-10(6-15)7(2)9(4)22-12/h8H,5H2,1-4H3,(H2,16,18)(H,17,21). The third-order valence-corrected chi connectivity index (χ3v) is 4.29. The Morgan fingerprint density at radius 2 is 2.22 bits per heavy atom. The van der Waals surface area contributed by atoms with E-state index in [0.29, 0.717) is 22.0 Å². The zero-order valence-electron chi connectivity index (χ0n) is 13.4. The van der Waals surface area contributed by atoms with Gasteiger partial charge in [-0.15, -0.1) is 10.2 Å². The SMILES string of the molecule is CCSc1nnc(N)n1C(C)C(=O)Nc1oc(C)c(C)c1C#N. The number of nitriles is 1. The van der Waals surface area contributed by atoms with Crippen LogP contribution in [0.15, 0.2) is 9.57 Å². The van der Waals surface area contributed by atoms with Gasteiger partial charge in [-0.2, -0.15) is 5.26 Å². The van der Waals surface area contributed by atoms with Gasteiger partial charge in [-0.1, -0.05) is 18.7 Å². The highest BCUT2D eigenvalue weighted by Crippen LogP contribution is 2.27. The second-order valence-corrected chi connectivity index (χ2v) is 6.14. The van der Waals surface area contributed by atoms with Crippen molar-refractivity contribution >= 4 is 29.5 Å². The van der Waals surface area contributed by atoms with Gasteiger partial charge in [-0.3, -0.25) is 14.7 Å². The van der Waals surface area contributed by atoms with E-state index in [-0.39, 0.29) is 17.7 Å². The number of anilines is 2. The predicted octanol–water partition coefficient (Wildman–Crippen LogP) is 2.25. The summed E-state index contributed by atoms with van der Waals surface area (Å²) in [5, 5.41) is 20.2. The van der Waals surface area contributed by atoms with E-state index in [2.05, 4.69) is 15.5 Å². The summed E-state index contributed by atoms with van der Waals surface area (Å²) in [6, 6.07) is 1.40. The van der Waals surface area contributed by atoms with Crippen LogP contribution in [0.5, 0.6) is 0 Å². The number of nitrogens with zero attached hydrogens (tertiary/aromatic N) is 4. The van der Waals surface area contributed by atoms with Crippen molar-refractivity contribution in [2.45, 2.75) is 38.9 Å². The molecule has 2 rings (SSSR count). The van der Waals surface area contributed by atoms with E-state index in [0.717, 1.165) is 5.75 Å². The first kappa shape index (κ1) is 16.9. The van der Waals surface area contributed by atoms with Gasteiger partial charge in [-0.05, 0) is 26.5 Å². The molecule has 0 aromatic carbocycles. The molecule has 8 nitrogen and oxygen atoms in total. The van der Waals surface area contributed by atoms with E-state index < -0.39 is 6.04 Å². The number of thioether (sulfide) groups is 1. The molecule has 2 aromatic heterocycles. The molecule has 0 saturated carbocycles. The normalized spacial score (nSPS) is 12.0. The largest absolute Gasteiger partial charge is 0.444 e. The number of rotatable bonds is 5. The number of hydrogen-bond donors (Lipinski definition) is 2. The molecule has 1 atom stereocenters. The second kappa shape index (κ2) is 6.75. The number of carbonyl (C=O) groups excluding carboxylic acids is 1. The van der Waals surface area contributed by atoms with Crippen LogP contribution < -0.4 is 11.1 Å². The summed E-state index contributed by atoms with van der Waals surface area (Å²) in [5.74, 6) is 1.32. The average molecular weight is 334 g/mol. The van der Waals surface area contributed by atoms with Gasteiger partial charge in [-0.25, -0.2) is 0 Å². The highest BCUT2D eigenvalue weighted by Gasteiger charge is 2.24. The van der Waals surface area contributed by atoms with Gasteiger partial charge in [0.05, 0.1) is 0 Å². The van der Waals surface area contributed by atoms with Gasteiger partial charge >= 0.3 is 0 Å². The Morgan fingerprint density at radius 3 is 2.83 bits per heavy atom. The Bertz CT molecular complexity index is 773. The van der Waals surface area contributed by atoms with Crippen LogP contribution in [-0.4, -0.2) is 26.4 Å². The summed E-state index contributed by atoms with van der Waals surface area (Å²) >= 11 is 1.44. The molecule has 0 spiro atoms. The molecule has 2 heterocycles. The Balaban J connectivity index is 2.27. The lowest BCUT2D eigenvalue weighted by atomic mass is 10.2. The van der Waals surface area contributed by atoms with E-state index in [1.807, 2.05) is 13.0 Å². The molecule has 23 heavy (non-hydrogen) atoms. The van der Waals surface area contributed by atoms with E-state index in [4.69, 9.17) is 10.2 Å². The summed E-state index contributed by atoms with van der Waals surface area (Å²) in [4.78, 5) is 12.5. The monoisotopic (exact) mass is 334 g/mol. The van der Waals surface area contributed by atoms with E-state index in [1.54, 1.807) is 25.3 Å². The maximum Gasteiger partial charge on any atom is 0.249 e. The van der Waals surface area contributed by atoms with Crippen molar-refractivity contribution in [3.05, 3.63) is 16.9 Å². The van der Waals surface area contributed by atoms with Crippen LogP contribution in [0.25, 0.3) is 0 Å². The Kier molecular flexibility index (Phi) is 4.95. The number of nitrogens with one attached hydrogen (secondary N) is 1. The van der Waals surface area contributed by atoms with E-state index in [1.165, 1.54) is 11.8 Å². The average Bonchev–Trinajstić information content (AvgIpc) is 2.99. The van der Waals surface area contributed by atoms with E-state index >= 15 is 0 Å². The summed E-state index contributed by atoms with van der Waals surface area (Å²) in [6.45, 7) is 7.16. The topological polar surface area (TPSA) is 123 Å². The first-order valence-electron chi connectivity index (χ1n) is 7.04. The Labute approximate surface area is 138 Å². The molecule has 0 radical (unpaired) electrons.